The van der Waals surface area contributed by atoms with Crippen molar-refractivity contribution < 1.29 is 4.74 Å². The molecular formula is C19H25ClN2O. The molecule has 0 unspecified atom stereocenters. The van der Waals surface area contributed by atoms with E-state index in [1.165, 1.54) is 0 Å². The molecule has 0 spiro atoms. The summed E-state index contributed by atoms with van der Waals surface area (Å²) in [7, 11) is 0. The van der Waals surface area contributed by atoms with E-state index < -0.39 is 0 Å². The summed E-state index contributed by atoms with van der Waals surface area (Å²) in [5.74, 6) is 0.927. The zero-order valence-electron chi connectivity index (χ0n) is 13.9. The van der Waals surface area contributed by atoms with Crippen LogP contribution in [0.5, 0.6) is 5.75 Å². The summed E-state index contributed by atoms with van der Waals surface area (Å²) in [6.07, 6.45) is 2.24. The molecule has 2 aromatic carbocycles. The van der Waals surface area contributed by atoms with E-state index in [0.717, 1.165) is 60.2 Å². The monoisotopic (exact) mass is 332 g/mol. The average molecular weight is 333 g/mol. The van der Waals surface area contributed by atoms with Crippen molar-refractivity contribution in [2.45, 2.75) is 26.7 Å². The van der Waals surface area contributed by atoms with Crippen molar-refractivity contribution in [3.8, 4) is 5.75 Å². The molecule has 0 heterocycles. The van der Waals surface area contributed by atoms with E-state index in [4.69, 9.17) is 16.3 Å². The van der Waals surface area contributed by atoms with Crippen molar-refractivity contribution in [3.05, 3.63) is 53.1 Å². The standard InChI is InChI=1S/C19H25ClN2O/c1-3-4-14-23-17-10-8-16(9-11-17)21-12-13-22-19-7-5-6-18(20)15(19)2/h5-11,21-22H,3-4,12-14H2,1-2H3. The molecule has 0 radical (unpaired) electrons. The predicted molar refractivity (Wildman–Crippen MR) is 100 cm³/mol. The maximum absolute atomic E-state index is 6.12. The lowest BCUT2D eigenvalue weighted by Crippen LogP contribution is -2.14. The van der Waals surface area contributed by atoms with Gasteiger partial charge in [0.1, 0.15) is 5.75 Å². The summed E-state index contributed by atoms with van der Waals surface area (Å²) in [6, 6.07) is 14.0. The number of hydrogen-bond donors (Lipinski definition) is 2. The summed E-state index contributed by atoms with van der Waals surface area (Å²) in [5.41, 5.74) is 3.26. The van der Waals surface area contributed by atoms with E-state index in [-0.39, 0.29) is 0 Å². The molecule has 3 nitrogen and oxygen atoms in total. The molecule has 2 aromatic rings. The zero-order chi connectivity index (χ0) is 16.5. The van der Waals surface area contributed by atoms with Crippen LogP contribution in [0.2, 0.25) is 5.02 Å². The number of unbranched alkanes of at least 4 members (excludes halogenated alkanes) is 1. The Morgan fingerprint density at radius 2 is 1.74 bits per heavy atom. The van der Waals surface area contributed by atoms with Gasteiger partial charge in [0.2, 0.25) is 0 Å². The van der Waals surface area contributed by atoms with Gasteiger partial charge in [-0.1, -0.05) is 31.0 Å². The molecule has 0 aliphatic carbocycles. The summed E-state index contributed by atoms with van der Waals surface area (Å²) >= 11 is 6.12. The van der Waals surface area contributed by atoms with Crippen LogP contribution in [0.1, 0.15) is 25.3 Å². The molecule has 2 rings (SSSR count). The first-order valence-corrected chi connectivity index (χ1v) is 8.54. The molecule has 2 N–H and O–H groups in total. The minimum atomic E-state index is 0.784. The van der Waals surface area contributed by atoms with Gasteiger partial charge in [0.25, 0.3) is 0 Å². The molecule has 0 saturated heterocycles. The van der Waals surface area contributed by atoms with E-state index >= 15 is 0 Å². The molecule has 0 aliphatic heterocycles. The van der Waals surface area contributed by atoms with Gasteiger partial charge in [-0.2, -0.15) is 0 Å². The van der Waals surface area contributed by atoms with Crippen LogP contribution in [0, 0.1) is 6.92 Å². The second kappa shape index (κ2) is 9.31. The van der Waals surface area contributed by atoms with Crippen LogP contribution in [-0.2, 0) is 0 Å². The zero-order valence-corrected chi connectivity index (χ0v) is 14.6. The Balaban J connectivity index is 1.72. The third-order valence-electron chi connectivity index (χ3n) is 3.66. The Kier molecular flexibility index (Phi) is 7.08. The summed E-state index contributed by atoms with van der Waals surface area (Å²) in [6.45, 7) is 6.63. The molecule has 0 atom stereocenters. The molecule has 4 heteroatoms. The third-order valence-corrected chi connectivity index (χ3v) is 4.07. The fourth-order valence-electron chi connectivity index (χ4n) is 2.21. The topological polar surface area (TPSA) is 33.3 Å². The first-order chi connectivity index (χ1) is 11.2. The lowest BCUT2D eigenvalue weighted by Gasteiger charge is -2.12. The SMILES string of the molecule is CCCCOc1ccc(NCCNc2cccc(Cl)c2C)cc1. The molecule has 0 bridgehead atoms. The van der Waals surface area contributed by atoms with Gasteiger partial charge in [0.05, 0.1) is 6.61 Å². The van der Waals surface area contributed by atoms with E-state index in [2.05, 4.69) is 17.6 Å². The van der Waals surface area contributed by atoms with E-state index in [1.807, 2.05) is 49.4 Å². The Bertz CT molecular complexity index is 599. The second-order valence-corrected chi connectivity index (χ2v) is 5.90. The Hall–Kier alpha value is -1.87. The fourth-order valence-corrected chi connectivity index (χ4v) is 2.38. The number of nitrogens with one attached hydrogen (secondary N) is 2. The summed E-state index contributed by atoms with van der Waals surface area (Å²) < 4.78 is 5.66. The number of benzene rings is 2. The average Bonchev–Trinajstić information content (AvgIpc) is 2.57. The summed E-state index contributed by atoms with van der Waals surface area (Å²) in [4.78, 5) is 0. The number of anilines is 2. The van der Waals surface area contributed by atoms with Crippen LogP contribution in [0.25, 0.3) is 0 Å². The Labute approximate surface area is 144 Å². The highest BCUT2D eigenvalue weighted by atomic mass is 35.5. The van der Waals surface area contributed by atoms with Gasteiger partial charge >= 0.3 is 0 Å². The van der Waals surface area contributed by atoms with Gasteiger partial charge in [-0.3, -0.25) is 0 Å². The molecule has 0 amide bonds. The van der Waals surface area contributed by atoms with Crippen LogP contribution in [0.15, 0.2) is 42.5 Å². The number of halogens is 1. The van der Waals surface area contributed by atoms with Crippen LogP contribution in [-0.4, -0.2) is 19.7 Å². The van der Waals surface area contributed by atoms with Gasteiger partial charge < -0.3 is 15.4 Å². The van der Waals surface area contributed by atoms with E-state index in [0.29, 0.717) is 0 Å². The normalized spacial score (nSPS) is 10.4. The molecule has 23 heavy (non-hydrogen) atoms. The minimum absolute atomic E-state index is 0.784. The van der Waals surface area contributed by atoms with Crippen molar-refractivity contribution >= 4 is 23.0 Å². The van der Waals surface area contributed by atoms with Gasteiger partial charge in [0, 0.05) is 29.5 Å². The lowest BCUT2D eigenvalue weighted by atomic mass is 10.2. The van der Waals surface area contributed by atoms with Crippen molar-refractivity contribution in [2.75, 3.05) is 30.3 Å². The largest absolute Gasteiger partial charge is 0.494 e. The van der Waals surface area contributed by atoms with Crippen LogP contribution >= 0.6 is 11.6 Å². The summed E-state index contributed by atoms with van der Waals surface area (Å²) in [5, 5.41) is 7.58. The molecule has 124 valence electrons. The quantitative estimate of drug-likeness (QED) is 0.607. The highest BCUT2D eigenvalue weighted by Crippen LogP contribution is 2.22. The Morgan fingerprint density at radius 3 is 2.48 bits per heavy atom. The molecular weight excluding hydrogens is 308 g/mol. The van der Waals surface area contributed by atoms with Gasteiger partial charge in [0.15, 0.2) is 0 Å². The van der Waals surface area contributed by atoms with Crippen LogP contribution in [0.4, 0.5) is 11.4 Å². The molecule has 0 aromatic heterocycles. The predicted octanol–water partition coefficient (Wildman–Crippen LogP) is 5.35. The van der Waals surface area contributed by atoms with Crippen molar-refractivity contribution in [3.63, 3.8) is 0 Å². The first-order valence-electron chi connectivity index (χ1n) is 8.16. The smallest absolute Gasteiger partial charge is 0.119 e. The Morgan fingerprint density at radius 1 is 1.00 bits per heavy atom. The maximum Gasteiger partial charge on any atom is 0.119 e. The molecule has 0 aliphatic rings. The highest BCUT2D eigenvalue weighted by molar-refractivity contribution is 6.31. The second-order valence-electron chi connectivity index (χ2n) is 5.49. The number of hydrogen-bond acceptors (Lipinski definition) is 3. The molecule has 0 fully saturated rings. The van der Waals surface area contributed by atoms with Crippen molar-refractivity contribution in [1.82, 2.24) is 0 Å². The fraction of sp³-hybridized carbons (Fsp3) is 0.368. The van der Waals surface area contributed by atoms with Gasteiger partial charge in [-0.15, -0.1) is 0 Å². The highest BCUT2D eigenvalue weighted by Gasteiger charge is 2.01. The van der Waals surface area contributed by atoms with Gasteiger partial charge in [-0.25, -0.2) is 0 Å². The molecule has 0 saturated carbocycles. The van der Waals surface area contributed by atoms with Crippen LogP contribution < -0.4 is 15.4 Å². The third kappa shape index (κ3) is 5.68. The number of rotatable bonds is 9. The van der Waals surface area contributed by atoms with Crippen LogP contribution in [0.3, 0.4) is 0 Å². The van der Waals surface area contributed by atoms with E-state index in [9.17, 15) is 0 Å². The minimum Gasteiger partial charge on any atom is -0.494 e. The lowest BCUT2D eigenvalue weighted by molar-refractivity contribution is 0.309. The maximum atomic E-state index is 6.12. The van der Waals surface area contributed by atoms with Crippen molar-refractivity contribution in [2.24, 2.45) is 0 Å². The van der Waals surface area contributed by atoms with Gasteiger partial charge in [-0.05, 0) is 55.3 Å². The first kappa shape index (κ1) is 17.5. The van der Waals surface area contributed by atoms with E-state index in [1.54, 1.807) is 0 Å². The number of ether oxygens (including phenoxy) is 1. The van der Waals surface area contributed by atoms with Crippen molar-refractivity contribution in [1.29, 1.82) is 0 Å².